The van der Waals surface area contributed by atoms with E-state index < -0.39 is 23.7 Å². The van der Waals surface area contributed by atoms with Crippen molar-refractivity contribution in [2.45, 2.75) is 24.5 Å². The summed E-state index contributed by atoms with van der Waals surface area (Å²) < 4.78 is 21.8. The van der Waals surface area contributed by atoms with Crippen LogP contribution in [0.25, 0.3) is 11.0 Å². The van der Waals surface area contributed by atoms with E-state index in [1.165, 1.54) is 12.0 Å². The van der Waals surface area contributed by atoms with Crippen molar-refractivity contribution >= 4 is 28.7 Å². The lowest BCUT2D eigenvalue weighted by Gasteiger charge is -2.27. The second kappa shape index (κ2) is 8.91. The van der Waals surface area contributed by atoms with Crippen LogP contribution in [0.3, 0.4) is 0 Å². The minimum atomic E-state index is -1.99. The van der Waals surface area contributed by atoms with Gasteiger partial charge in [-0.15, -0.1) is 0 Å². The van der Waals surface area contributed by atoms with Gasteiger partial charge in [0, 0.05) is 31.2 Å². The van der Waals surface area contributed by atoms with Crippen LogP contribution in [0.15, 0.2) is 42.6 Å². The van der Waals surface area contributed by atoms with Crippen molar-refractivity contribution in [1.82, 2.24) is 9.97 Å². The third kappa shape index (κ3) is 4.37. The lowest BCUT2D eigenvalue weighted by atomic mass is 9.87. The number of methoxy groups -OCH3 is 1. The number of fused-ring (bicyclic) bond motifs is 2. The zero-order valence-corrected chi connectivity index (χ0v) is 19.0. The van der Waals surface area contributed by atoms with Crippen LogP contribution in [0, 0.1) is 0 Å². The summed E-state index contributed by atoms with van der Waals surface area (Å²) in [6.45, 7) is 0.998. The molecule has 1 aromatic carbocycles. The minimum Gasteiger partial charge on any atom is -0.486 e. The summed E-state index contributed by atoms with van der Waals surface area (Å²) in [6, 6.07) is 10.2. The molecule has 11 heteroatoms. The lowest BCUT2D eigenvalue weighted by molar-refractivity contribution is -0.139. The van der Waals surface area contributed by atoms with Crippen LogP contribution >= 0.6 is 0 Å². The minimum absolute atomic E-state index is 0.122. The first-order chi connectivity index (χ1) is 16.9. The molecule has 3 aromatic rings. The molecule has 0 radical (unpaired) electrons. The van der Waals surface area contributed by atoms with E-state index in [9.17, 15) is 14.7 Å². The zero-order chi connectivity index (χ0) is 24.6. The number of benzene rings is 1. The normalized spacial score (nSPS) is 18.7. The standard InChI is InChI=1S/C24H24N4O7/c1-32-20-5-3-17-21(27-20)14(6-7-26-17)11-24(31,22(25)29)12-16-13-28(23(30)35-16)15-2-4-18-19(10-15)34-9-8-33-18/h2-7,10,16,31H,8-9,11-13H2,1H3,(H2,25,29)/t16-,24-/m1/s1. The number of anilines is 1. The molecule has 4 heterocycles. The summed E-state index contributed by atoms with van der Waals surface area (Å²) >= 11 is 0. The van der Waals surface area contributed by atoms with E-state index in [1.807, 2.05) is 0 Å². The van der Waals surface area contributed by atoms with Crippen molar-refractivity contribution < 1.29 is 33.6 Å². The van der Waals surface area contributed by atoms with Crippen molar-refractivity contribution in [1.29, 1.82) is 0 Å². The maximum Gasteiger partial charge on any atom is 0.414 e. The van der Waals surface area contributed by atoms with Gasteiger partial charge in [-0.2, -0.15) is 0 Å². The Morgan fingerprint density at radius 2 is 2.03 bits per heavy atom. The van der Waals surface area contributed by atoms with Gasteiger partial charge in [0.2, 0.25) is 11.8 Å². The summed E-state index contributed by atoms with van der Waals surface area (Å²) in [5.74, 6) is 0.571. The molecule has 0 bridgehead atoms. The highest BCUT2D eigenvalue weighted by Gasteiger charge is 2.43. The Hall–Kier alpha value is -4.12. The number of pyridine rings is 2. The Morgan fingerprint density at radius 3 is 2.80 bits per heavy atom. The van der Waals surface area contributed by atoms with Crippen molar-refractivity contribution in [2.24, 2.45) is 5.73 Å². The highest BCUT2D eigenvalue weighted by atomic mass is 16.6. The van der Waals surface area contributed by atoms with Gasteiger partial charge in [0.25, 0.3) is 0 Å². The van der Waals surface area contributed by atoms with Gasteiger partial charge in [0.05, 0.1) is 30.4 Å². The van der Waals surface area contributed by atoms with E-state index >= 15 is 0 Å². The Kier molecular flexibility index (Phi) is 5.77. The smallest absolute Gasteiger partial charge is 0.414 e. The van der Waals surface area contributed by atoms with E-state index in [-0.39, 0.29) is 19.4 Å². The summed E-state index contributed by atoms with van der Waals surface area (Å²) in [7, 11) is 1.49. The van der Waals surface area contributed by atoms with Crippen LogP contribution in [0.4, 0.5) is 10.5 Å². The highest BCUT2D eigenvalue weighted by Crippen LogP contribution is 2.36. The highest BCUT2D eigenvalue weighted by molar-refractivity contribution is 5.91. The van der Waals surface area contributed by atoms with Crippen LogP contribution in [-0.2, 0) is 16.0 Å². The summed E-state index contributed by atoms with van der Waals surface area (Å²) in [6.07, 6.45) is -0.141. The van der Waals surface area contributed by atoms with Crippen LogP contribution < -0.4 is 24.8 Å². The number of hydrogen-bond acceptors (Lipinski definition) is 9. The number of aromatic nitrogens is 2. The number of carbonyl (C=O) groups is 2. The second-order valence-electron chi connectivity index (χ2n) is 8.41. The first-order valence-corrected chi connectivity index (χ1v) is 11.0. The number of hydrogen-bond donors (Lipinski definition) is 2. The maximum absolute atomic E-state index is 12.6. The van der Waals surface area contributed by atoms with E-state index in [0.29, 0.717) is 52.9 Å². The molecule has 11 nitrogen and oxygen atoms in total. The van der Waals surface area contributed by atoms with Gasteiger partial charge >= 0.3 is 6.09 Å². The zero-order valence-electron chi connectivity index (χ0n) is 19.0. The maximum atomic E-state index is 12.6. The van der Waals surface area contributed by atoms with Crippen molar-refractivity contribution in [3.8, 4) is 17.4 Å². The Bertz CT molecular complexity index is 1300. The second-order valence-corrected chi connectivity index (χ2v) is 8.41. The van der Waals surface area contributed by atoms with Gasteiger partial charge in [-0.3, -0.25) is 14.7 Å². The average Bonchev–Trinajstić information content (AvgIpc) is 3.22. The van der Waals surface area contributed by atoms with Gasteiger partial charge in [-0.25, -0.2) is 9.78 Å². The molecule has 5 rings (SSSR count). The fraction of sp³-hybridized carbons (Fsp3) is 0.333. The molecule has 0 aliphatic carbocycles. The Labute approximate surface area is 200 Å². The van der Waals surface area contributed by atoms with Crippen LogP contribution in [-0.4, -0.2) is 65.6 Å². The molecule has 3 N–H and O–H groups in total. The topological polar surface area (TPSA) is 146 Å². The average molecular weight is 480 g/mol. The molecule has 35 heavy (non-hydrogen) atoms. The molecule has 2 amide bonds. The fourth-order valence-corrected chi connectivity index (χ4v) is 4.31. The van der Waals surface area contributed by atoms with Gasteiger partial charge in [0.15, 0.2) is 17.1 Å². The SMILES string of the molecule is COc1ccc2nccc(C[C@@](O)(C[C@@H]3CN(c4ccc5c(c4)OCCO5)C(=O)O3)C(N)=O)c2n1. The van der Waals surface area contributed by atoms with E-state index in [4.69, 9.17) is 24.7 Å². The van der Waals surface area contributed by atoms with Gasteiger partial charge < -0.3 is 29.8 Å². The molecular weight excluding hydrogens is 456 g/mol. The van der Waals surface area contributed by atoms with Crippen LogP contribution in [0.2, 0.25) is 0 Å². The number of cyclic esters (lactones) is 1. The number of nitrogens with two attached hydrogens (primary N) is 1. The fourth-order valence-electron chi connectivity index (χ4n) is 4.31. The largest absolute Gasteiger partial charge is 0.486 e. The first kappa shape index (κ1) is 22.7. The predicted molar refractivity (Wildman–Crippen MR) is 124 cm³/mol. The van der Waals surface area contributed by atoms with E-state index in [2.05, 4.69) is 9.97 Å². The molecule has 2 aliphatic heterocycles. The molecule has 0 spiro atoms. The molecule has 2 aromatic heterocycles. The molecule has 0 unspecified atom stereocenters. The molecule has 0 saturated carbocycles. The van der Waals surface area contributed by atoms with Crippen molar-refractivity contribution in [3.63, 3.8) is 0 Å². The first-order valence-electron chi connectivity index (χ1n) is 11.0. The number of rotatable bonds is 7. The van der Waals surface area contributed by atoms with E-state index in [0.717, 1.165) is 0 Å². The van der Waals surface area contributed by atoms with Crippen LogP contribution in [0.5, 0.6) is 17.4 Å². The van der Waals surface area contributed by atoms with Crippen molar-refractivity contribution in [2.75, 3.05) is 31.8 Å². The lowest BCUT2D eigenvalue weighted by Crippen LogP contribution is -2.48. The summed E-state index contributed by atoms with van der Waals surface area (Å²) in [5.41, 5.74) is 5.80. The number of primary amides is 1. The van der Waals surface area contributed by atoms with Gasteiger partial charge in [-0.1, -0.05) is 0 Å². The molecule has 2 atom stereocenters. The molecule has 182 valence electrons. The number of nitrogens with zero attached hydrogens (tertiary/aromatic N) is 3. The molecule has 2 aliphatic rings. The van der Waals surface area contributed by atoms with Crippen LogP contribution in [0.1, 0.15) is 12.0 Å². The van der Waals surface area contributed by atoms with Crippen molar-refractivity contribution in [3.05, 3.63) is 48.2 Å². The summed E-state index contributed by atoms with van der Waals surface area (Å²) in [4.78, 5) is 35.1. The Morgan fingerprint density at radius 1 is 1.23 bits per heavy atom. The Balaban J connectivity index is 1.37. The molecule has 1 fully saturated rings. The van der Waals surface area contributed by atoms with Gasteiger partial charge in [-0.05, 0) is 29.8 Å². The predicted octanol–water partition coefficient (Wildman–Crippen LogP) is 1.58. The number of aliphatic hydroxyl groups is 1. The monoisotopic (exact) mass is 480 g/mol. The molecular formula is C24H24N4O7. The number of amides is 2. The van der Waals surface area contributed by atoms with Gasteiger partial charge in [0.1, 0.15) is 19.3 Å². The quantitative estimate of drug-likeness (QED) is 0.514. The van der Waals surface area contributed by atoms with E-state index in [1.54, 1.807) is 42.6 Å². The summed E-state index contributed by atoms with van der Waals surface area (Å²) in [5, 5.41) is 11.3. The number of carbonyl (C=O) groups excluding carboxylic acids is 2. The third-order valence-corrected chi connectivity index (χ3v) is 6.07. The third-order valence-electron chi connectivity index (χ3n) is 6.07. The number of ether oxygens (including phenoxy) is 4. The molecule has 1 saturated heterocycles.